The highest BCUT2D eigenvalue weighted by Crippen LogP contribution is 2.65. The molecule has 30 heavy (non-hydrogen) atoms. The number of likely N-dealkylation sites (tertiary alicyclic amines) is 1. The number of carbonyl (C=O) groups is 3. The van der Waals surface area contributed by atoms with E-state index in [1.807, 2.05) is 0 Å². The van der Waals surface area contributed by atoms with E-state index in [0.717, 1.165) is 5.69 Å². The van der Waals surface area contributed by atoms with E-state index in [1.165, 1.54) is 6.42 Å². The van der Waals surface area contributed by atoms with Crippen molar-refractivity contribution in [3.05, 3.63) is 41.4 Å². The zero-order valence-electron chi connectivity index (χ0n) is 16.7. The molecule has 1 saturated heterocycles. The van der Waals surface area contributed by atoms with Gasteiger partial charge in [0.25, 0.3) is 0 Å². The quantitative estimate of drug-likeness (QED) is 0.591. The molecule has 0 unspecified atom stereocenters. The lowest BCUT2D eigenvalue weighted by atomic mass is 9.63. The topological polar surface area (TPSA) is 66.5 Å². The van der Waals surface area contributed by atoms with E-state index in [0.29, 0.717) is 42.5 Å². The average Bonchev–Trinajstić information content (AvgIpc) is 3.53. The molecule has 2 bridgehead atoms. The molecule has 4 fully saturated rings. The Labute approximate surface area is 180 Å². The second kappa shape index (κ2) is 6.68. The second-order valence-electron chi connectivity index (χ2n) is 9.70. The van der Waals surface area contributed by atoms with Gasteiger partial charge < -0.3 is 5.32 Å². The van der Waals surface area contributed by atoms with E-state index < -0.39 is 0 Å². The molecule has 5 aliphatic carbocycles. The molecule has 1 heterocycles. The fourth-order valence-electron chi connectivity index (χ4n) is 6.71. The molecule has 6 atom stereocenters. The maximum absolute atomic E-state index is 13.3. The number of allylic oxidation sites excluding steroid dienone is 2. The Balaban J connectivity index is 1.11. The van der Waals surface area contributed by atoms with Gasteiger partial charge in [-0.3, -0.25) is 19.3 Å². The Morgan fingerprint density at radius 3 is 2.03 bits per heavy atom. The SMILES string of the molecule is O=C(Nc1ccc(Cl)cc1)C1CCC(N2C(=O)[C@@H]3[C@H]4C=C[C@@H]([C@@H]5C[C@@H]45)[C@@H]3C2=O)CC1. The van der Waals surface area contributed by atoms with Gasteiger partial charge in [0.15, 0.2) is 0 Å². The first-order valence-corrected chi connectivity index (χ1v) is 11.5. The molecule has 0 spiro atoms. The molecule has 7 rings (SSSR count). The molecule has 0 aromatic heterocycles. The van der Waals surface area contributed by atoms with Crippen LogP contribution in [-0.4, -0.2) is 28.7 Å². The van der Waals surface area contributed by atoms with Crippen molar-refractivity contribution in [2.45, 2.75) is 38.1 Å². The maximum atomic E-state index is 13.3. The highest BCUT2D eigenvalue weighted by Gasteiger charge is 2.67. The number of anilines is 1. The zero-order valence-corrected chi connectivity index (χ0v) is 17.4. The van der Waals surface area contributed by atoms with Gasteiger partial charge in [-0.15, -0.1) is 0 Å². The number of rotatable bonds is 3. The third kappa shape index (κ3) is 2.71. The molecule has 1 aromatic carbocycles. The highest BCUT2D eigenvalue weighted by molar-refractivity contribution is 6.30. The number of amides is 3. The van der Waals surface area contributed by atoms with Crippen LogP contribution < -0.4 is 5.32 Å². The number of benzene rings is 1. The van der Waals surface area contributed by atoms with Gasteiger partial charge in [-0.1, -0.05) is 23.8 Å². The Bertz CT molecular complexity index is 914. The number of nitrogens with one attached hydrogen (secondary N) is 1. The number of hydrogen-bond donors (Lipinski definition) is 1. The largest absolute Gasteiger partial charge is 0.326 e. The van der Waals surface area contributed by atoms with Crippen LogP contribution in [0.4, 0.5) is 5.69 Å². The highest BCUT2D eigenvalue weighted by atomic mass is 35.5. The molecular weight excluding hydrogens is 400 g/mol. The van der Waals surface area contributed by atoms with Crippen LogP contribution in [0.2, 0.25) is 5.02 Å². The Kier molecular flexibility index (Phi) is 4.14. The van der Waals surface area contributed by atoms with Crippen LogP contribution >= 0.6 is 11.6 Å². The minimum absolute atomic E-state index is 0.00542. The third-order valence-electron chi connectivity index (χ3n) is 8.24. The third-order valence-corrected chi connectivity index (χ3v) is 8.49. The maximum Gasteiger partial charge on any atom is 0.233 e. The summed E-state index contributed by atoms with van der Waals surface area (Å²) in [5.74, 6) is 1.59. The molecule has 1 N–H and O–H groups in total. The van der Waals surface area contributed by atoms with Gasteiger partial charge in [0.2, 0.25) is 17.7 Å². The molecule has 6 heteroatoms. The Hall–Kier alpha value is -2.14. The van der Waals surface area contributed by atoms with Crippen molar-refractivity contribution < 1.29 is 14.4 Å². The summed E-state index contributed by atoms with van der Waals surface area (Å²) < 4.78 is 0. The number of nitrogens with zero attached hydrogens (tertiary/aromatic N) is 1. The minimum Gasteiger partial charge on any atom is -0.326 e. The van der Waals surface area contributed by atoms with E-state index >= 15 is 0 Å². The zero-order chi connectivity index (χ0) is 20.6. The van der Waals surface area contributed by atoms with Crippen molar-refractivity contribution in [3.63, 3.8) is 0 Å². The fourth-order valence-corrected chi connectivity index (χ4v) is 6.84. The first-order chi connectivity index (χ1) is 14.5. The fraction of sp³-hybridized carbons (Fsp3) is 0.542. The number of halogens is 1. The Morgan fingerprint density at radius 1 is 0.900 bits per heavy atom. The summed E-state index contributed by atoms with van der Waals surface area (Å²) in [6.45, 7) is 0. The van der Waals surface area contributed by atoms with Gasteiger partial charge in [-0.05, 0) is 80.0 Å². The first kappa shape index (κ1) is 18.6. The predicted molar refractivity (Wildman–Crippen MR) is 112 cm³/mol. The van der Waals surface area contributed by atoms with Crippen LogP contribution in [0.15, 0.2) is 36.4 Å². The second-order valence-corrected chi connectivity index (χ2v) is 10.1. The summed E-state index contributed by atoms with van der Waals surface area (Å²) in [6, 6.07) is 7.05. The average molecular weight is 425 g/mol. The summed E-state index contributed by atoms with van der Waals surface area (Å²) in [6.07, 6.45) is 8.44. The number of hydrogen-bond acceptors (Lipinski definition) is 3. The molecule has 3 saturated carbocycles. The lowest BCUT2D eigenvalue weighted by Gasteiger charge is -2.37. The molecule has 6 aliphatic rings. The molecule has 1 aliphatic heterocycles. The monoisotopic (exact) mass is 424 g/mol. The summed E-state index contributed by atoms with van der Waals surface area (Å²) in [7, 11) is 0. The van der Waals surface area contributed by atoms with Crippen molar-refractivity contribution in [1.29, 1.82) is 0 Å². The van der Waals surface area contributed by atoms with Gasteiger partial charge in [0, 0.05) is 22.7 Å². The number of imide groups is 1. The summed E-state index contributed by atoms with van der Waals surface area (Å²) in [4.78, 5) is 40.8. The first-order valence-electron chi connectivity index (χ1n) is 11.1. The van der Waals surface area contributed by atoms with E-state index in [4.69, 9.17) is 11.6 Å². The number of carbonyl (C=O) groups excluding carboxylic acids is 3. The molecule has 3 amide bonds. The smallest absolute Gasteiger partial charge is 0.233 e. The standard InChI is InChI=1S/C24H25ClN2O3/c25-13-3-5-14(6-4-13)26-22(28)12-1-7-15(8-2-12)27-23(29)20-16-9-10-17(19-11-18(16)19)21(20)24(27)30/h3-6,9-10,12,15-21H,1-2,7-8,11H2,(H,26,28)/t12?,15?,16-,17-,18-,19-,20-,21+/m0/s1. The lowest BCUT2D eigenvalue weighted by molar-refractivity contribution is -0.144. The van der Waals surface area contributed by atoms with Crippen molar-refractivity contribution in [3.8, 4) is 0 Å². The molecular formula is C24H25ClN2O3. The van der Waals surface area contributed by atoms with Crippen LogP contribution in [0.25, 0.3) is 0 Å². The molecule has 1 aromatic rings. The van der Waals surface area contributed by atoms with Gasteiger partial charge in [-0.2, -0.15) is 0 Å². The normalized spacial score (nSPS) is 40.9. The van der Waals surface area contributed by atoms with E-state index in [2.05, 4.69) is 17.5 Å². The summed E-state index contributed by atoms with van der Waals surface area (Å²) in [5.41, 5.74) is 0.738. The Morgan fingerprint density at radius 2 is 1.47 bits per heavy atom. The van der Waals surface area contributed by atoms with E-state index in [1.54, 1.807) is 29.2 Å². The molecule has 156 valence electrons. The van der Waals surface area contributed by atoms with Crippen LogP contribution in [0.5, 0.6) is 0 Å². The van der Waals surface area contributed by atoms with Gasteiger partial charge in [0.05, 0.1) is 11.8 Å². The van der Waals surface area contributed by atoms with Crippen molar-refractivity contribution in [2.24, 2.45) is 41.4 Å². The van der Waals surface area contributed by atoms with Crippen molar-refractivity contribution in [1.82, 2.24) is 4.90 Å². The summed E-state index contributed by atoms with van der Waals surface area (Å²) in [5, 5.41) is 3.59. The van der Waals surface area contributed by atoms with Crippen LogP contribution in [0.3, 0.4) is 0 Å². The molecule has 0 radical (unpaired) electrons. The minimum atomic E-state index is -0.123. The van der Waals surface area contributed by atoms with Crippen LogP contribution in [0.1, 0.15) is 32.1 Å². The van der Waals surface area contributed by atoms with Crippen molar-refractivity contribution >= 4 is 35.0 Å². The lowest BCUT2D eigenvalue weighted by Crippen LogP contribution is -2.44. The predicted octanol–water partition coefficient (Wildman–Crippen LogP) is 3.89. The summed E-state index contributed by atoms with van der Waals surface area (Å²) >= 11 is 5.90. The van der Waals surface area contributed by atoms with Gasteiger partial charge >= 0.3 is 0 Å². The van der Waals surface area contributed by atoms with Crippen LogP contribution in [0, 0.1) is 41.4 Å². The van der Waals surface area contributed by atoms with Gasteiger partial charge in [0.1, 0.15) is 0 Å². The van der Waals surface area contributed by atoms with E-state index in [-0.39, 0.29) is 53.4 Å². The van der Waals surface area contributed by atoms with E-state index in [9.17, 15) is 14.4 Å². The molecule has 5 nitrogen and oxygen atoms in total. The van der Waals surface area contributed by atoms with Gasteiger partial charge in [-0.25, -0.2) is 0 Å². The van der Waals surface area contributed by atoms with Crippen molar-refractivity contribution in [2.75, 3.05) is 5.32 Å². The van der Waals surface area contributed by atoms with Crippen LogP contribution in [-0.2, 0) is 14.4 Å².